The van der Waals surface area contributed by atoms with E-state index in [1.165, 1.54) is 24.3 Å². The number of hydrogen-bond donors (Lipinski definition) is 0. The van der Waals surface area contributed by atoms with E-state index in [-0.39, 0.29) is 5.75 Å². The fraction of sp³-hybridized carbons (Fsp3) is 0.111. The molecule has 1 rings (SSSR count). The number of carboxylic acid groups (broad SMARTS) is 2. The van der Waals surface area contributed by atoms with Crippen LogP contribution in [0.1, 0.15) is 0 Å². The molecule has 0 aliphatic rings. The van der Waals surface area contributed by atoms with Crippen molar-refractivity contribution in [1.29, 1.82) is 0 Å². The van der Waals surface area contributed by atoms with Crippen molar-refractivity contribution in [2.24, 2.45) is 0 Å². The van der Waals surface area contributed by atoms with Gasteiger partial charge in [0.1, 0.15) is 5.75 Å². The summed E-state index contributed by atoms with van der Waals surface area (Å²) in [7, 11) is 0. The van der Waals surface area contributed by atoms with Gasteiger partial charge < -0.3 is 24.5 Å². The van der Waals surface area contributed by atoms with Crippen LogP contribution >= 0.6 is 11.6 Å². The molecule has 0 fully saturated rings. The lowest BCUT2D eigenvalue weighted by molar-refractivity contribution is -0.334. The van der Waals surface area contributed by atoms with E-state index in [0.29, 0.717) is 5.02 Å². The van der Waals surface area contributed by atoms with Gasteiger partial charge >= 0.3 is 0 Å². The highest BCUT2D eigenvalue weighted by Crippen LogP contribution is 2.16. The SMILES string of the molecule is O=C([O-])C(Oc1ccc(Cl)cc1)C(=O)[O-]. The van der Waals surface area contributed by atoms with E-state index in [1.807, 2.05) is 0 Å². The summed E-state index contributed by atoms with van der Waals surface area (Å²) >= 11 is 5.56. The van der Waals surface area contributed by atoms with Crippen molar-refractivity contribution in [3.05, 3.63) is 29.3 Å². The average molecular weight is 229 g/mol. The second kappa shape index (κ2) is 4.65. The summed E-state index contributed by atoms with van der Waals surface area (Å²) in [5.41, 5.74) is 0. The molecule has 0 bridgehead atoms. The van der Waals surface area contributed by atoms with Crippen molar-refractivity contribution in [1.82, 2.24) is 0 Å². The van der Waals surface area contributed by atoms with Crippen molar-refractivity contribution in [2.75, 3.05) is 0 Å². The fourth-order valence-electron chi connectivity index (χ4n) is 0.842. The first-order valence-electron chi connectivity index (χ1n) is 3.84. The first-order valence-corrected chi connectivity index (χ1v) is 4.22. The maximum Gasteiger partial charge on any atom is 0.177 e. The lowest BCUT2D eigenvalue weighted by atomic mass is 10.3. The Bertz CT molecular complexity index is 359. The number of benzene rings is 1. The average Bonchev–Trinajstić information content (AvgIpc) is 2.15. The van der Waals surface area contributed by atoms with Gasteiger partial charge in [-0.15, -0.1) is 0 Å². The smallest absolute Gasteiger partial charge is 0.177 e. The van der Waals surface area contributed by atoms with E-state index in [2.05, 4.69) is 4.74 Å². The van der Waals surface area contributed by atoms with E-state index < -0.39 is 18.0 Å². The number of carboxylic acids is 2. The van der Waals surface area contributed by atoms with Crippen molar-refractivity contribution in [2.45, 2.75) is 6.10 Å². The van der Waals surface area contributed by atoms with Gasteiger partial charge in [0.2, 0.25) is 0 Å². The molecule has 0 saturated carbocycles. The van der Waals surface area contributed by atoms with Gasteiger partial charge in [-0.3, -0.25) is 0 Å². The number of halogens is 1. The summed E-state index contributed by atoms with van der Waals surface area (Å²) in [5, 5.41) is 21.1. The third-order valence-corrected chi connectivity index (χ3v) is 1.75. The van der Waals surface area contributed by atoms with E-state index in [0.717, 1.165) is 0 Å². The summed E-state index contributed by atoms with van der Waals surface area (Å²) < 4.78 is 4.61. The predicted molar refractivity (Wildman–Crippen MR) is 45.9 cm³/mol. The molecule has 0 spiro atoms. The number of carbonyl (C=O) groups is 2. The molecule has 0 heterocycles. The van der Waals surface area contributed by atoms with Gasteiger partial charge in [0, 0.05) is 5.02 Å². The Hall–Kier alpha value is -1.75. The highest BCUT2D eigenvalue weighted by atomic mass is 35.5. The summed E-state index contributed by atoms with van der Waals surface area (Å²) in [4.78, 5) is 20.7. The largest absolute Gasteiger partial charge is 0.546 e. The molecular weight excluding hydrogens is 224 g/mol. The van der Waals surface area contributed by atoms with Gasteiger partial charge in [-0.1, -0.05) is 11.6 Å². The highest BCUT2D eigenvalue weighted by Gasteiger charge is 2.12. The van der Waals surface area contributed by atoms with E-state index >= 15 is 0 Å². The molecule has 0 aromatic heterocycles. The third-order valence-electron chi connectivity index (χ3n) is 1.50. The molecule has 1 aromatic carbocycles. The second-order valence-electron chi connectivity index (χ2n) is 2.59. The van der Waals surface area contributed by atoms with Crippen molar-refractivity contribution in [3.63, 3.8) is 0 Å². The lowest BCUT2D eigenvalue weighted by Crippen LogP contribution is -2.51. The summed E-state index contributed by atoms with van der Waals surface area (Å²) in [6, 6.07) is 5.53. The Morgan fingerprint density at radius 2 is 1.60 bits per heavy atom. The fourth-order valence-corrected chi connectivity index (χ4v) is 0.968. The molecule has 0 aliphatic carbocycles. The van der Waals surface area contributed by atoms with Crippen LogP contribution in [0.2, 0.25) is 5.02 Å². The maximum absolute atomic E-state index is 10.3. The standard InChI is InChI=1S/C9H7ClO5/c10-5-1-3-6(4-2-5)15-7(8(11)12)9(13)14/h1-4,7H,(H,11,12)(H,13,14)/p-2. The molecule has 0 N–H and O–H groups in total. The molecular formula is C9H5ClO5-2. The molecule has 0 aliphatic heterocycles. The third kappa shape index (κ3) is 3.14. The zero-order valence-corrected chi connectivity index (χ0v) is 8.06. The number of rotatable bonds is 4. The zero-order valence-electron chi connectivity index (χ0n) is 7.31. The van der Waals surface area contributed by atoms with Crippen LogP contribution in [-0.4, -0.2) is 18.0 Å². The monoisotopic (exact) mass is 228 g/mol. The van der Waals surface area contributed by atoms with Crippen LogP contribution in [0, 0.1) is 0 Å². The van der Waals surface area contributed by atoms with Gasteiger partial charge in [-0.2, -0.15) is 0 Å². The second-order valence-corrected chi connectivity index (χ2v) is 3.03. The molecule has 80 valence electrons. The van der Waals surface area contributed by atoms with Gasteiger partial charge in [-0.25, -0.2) is 0 Å². The highest BCUT2D eigenvalue weighted by molar-refractivity contribution is 6.30. The van der Waals surface area contributed by atoms with Crippen molar-refractivity contribution >= 4 is 23.5 Å². The van der Waals surface area contributed by atoms with Gasteiger partial charge in [-0.05, 0) is 24.3 Å². The van der Waals surface area contributed by atoms with Crippen LogP contribution in [0.25, 0.3) is 0 Å². The number of aliphatic carboxylic acids is 2. The molecule has 0 saturated heterocycles. The first kappa shape index (κ1) is 11.3. The maximum atomic E-state index is 10.3. The minimum absolute atomic E-state index is 0.0535. The van der Waals surface area contributed by atoms with Crippen molar-refractivity contribution in [3.8, 4) is 5.75 Å². The molecule has 15 heavy (non-hydrogen) atoms. The van der Waals surface area contributed by atoms with E-state index in [4.69, 9.17) is 11.6 Å². The van der Waals surface area contributed by atoms with Gasteiger partial charge in [0.15, 0.2) is 6.10 Å². The normalized spacial score (nSPS) is 10.0. The summed E-state index contributed by atoms with van der Waals surface area (Å²) in [6.07, 6.45) is -2.13. The van der Waals surface area contributed by atoms with E-state index in [9.17, 15) is 19.8 Å². The number of ether oxygens (including phenoxy) is 1. The number of carbonyl (C=O) groups excluding carboxylic acids is 2. The summed E-state index contributed by atoms with van der Waals surface area (Å²) in [5.74, 6) is -3.69. The zero-order chi connectivity index (χ0) is 11.4. The molecule has 0 radical (unpaired) electrons. The van der Waals surface area contributed by atoms with Crippen molar-refractivity contribution < 1.29 is 24.5 Å². The quantitative estimate of drug-likeness (QED) is 0.591. The molecule has 0 amide bonds. The Labute approximate surface area is 89.9 Å². The van der Waals surface area contributed by atoms with Crippen LogP contribution in [-0.2, 0) is 9.59 Å². The molecule has 0 unspecified atom stereocenters. The van der Waals surface area contributed by atoms with Crippen LogP contribution < -0.4 is 14.9 Å². The van der Waals surface area contributed by atoms with Crippen LogP contribution in [0.15, 0.2) is 24.3 Å². The Morgan fingerprint density at radius 3 is 2.00 bits per heavy atom. The Morgan fingerprint density at radius 1 is 1.13 bits per heavy atom. The number of hydrogen-bond acceptors (Lipinski definition) is 5. The summed E-state index contributed by atoms with van der Waals surface area (Å²) in [6.45, 7) is 0. The minimum atomic E-state index is -2.13. The molecule has 1 aromatic rings. The molecule has 0 atom stereocenters. The van der Waals surface area contributed by atoms with Gasteiger partial charge in [0.25, 0.3) is 0 Å². The van der Waals surface area contributed by atoms with E-state index in [1.54, 1.807) is 0 Å². The van der Waals surface area contributed by atoms with Crippen LogP contribution in [0.4, 0.5) is 0 Å². The first-order chi connectivity index (χ1) is 7.00. The lowest BCUT2D eigenvalue weighted by Gasteiger charge is -2.20. The molecule has 5 nitrogen and oxygen atoms in total. The predicted octanol–water partition coefficient (Wildman–Crippen LogP) is -1.41. The minimum Gasteiger partial charge on any atom is -0.546 e. The van der Waals surface area contributed by atoms with Gasteiger partial charge in [0.05, 0.1) is 11.9 Å². The van der Waals surface area contributed by atoms with Crippen LogP contribution in [0.3, 0.4) is 0 Å². The topological polar surface area (TPSA) is 89.5 Å². The molecule has 6 heteroatoms. The Balaban J connectivity index is 2.79. The Kier molecular flexibility index (Phi) is 3.51. The van der Waals surface area contributed by atoms with Crippen LogP contribution in [0.5, 0.6) is 5.75 Å².